The molecule has 1 aromatic carbocycles. The van der Waals surface area contributed by atoms with Crippen LogP contribution in [-0.4, -0.2) is 23.3 Å². The average Bonchev–Trinajstić information content (AvgIpc) is 3.10. The van der Waals surface area contributed by atoms with Crippen molar-refractivity contribution >= 4 is 32.8 Å². The molecule has 0 amide bonds. The van der Waals surface area contributed by atoms with Crippen LogP contribution in [0.15, 0.2) is 29.6 Å². The molecule has 104 valence electrons. The van der Waals surface area contributed by atoms with Gasteiger partial charge < -0.3 is 5.32 Å². The van der Waals surface area contributed by atoms with Crippen LogP contribution in [0, 0.1) is 0 Å². The SMILES string of the molecule is CCCNCCc1nnc(-c2csc3ccccc23)s1. The smallest absolute Gasteiger partial charge is 0.149 e. The number of nitrogens with zero attached hydrogens (tertiary/aromatic N) is 2. The molecule has 0 unspecified atom stereocenters. The van der Waals surface area contributed by atoms with Crippen molar-refractivity contribution in [1.29, 1.82) is 0 Å². The fraction of sp³-hybridized carbons (Fsp3) is 0.333. The van der Waals surface area contributed by atoms with E-state index in [1.54, 1.807) is 22.7 Å². The molecule has 0 radical (unpaired) electrons. The normalized spacial score (nSPS) is 11.2. The lowest BCUT2D eigenvalue weighted by Crippen LogP contribution is -2.17. The summed E-state index contributed by atoms with van der Waals surface area (Å²) in [6.07, 6.45) is 2.13. The van der Waals surface area contributed by atoms with Crippen LogP contribution in [0.5, 0.6) is 0 Å². The van der Waals surface area contributed by atoms with E-state index in [2.05, 4.69) is 52.1 Å². The van der Waals surface area contributed by atoms with Crippen LogP contribution in [0.25, 0.3) is 20.7 Å². The minimum Gasteiger partial charge on any atom is -0.316 e. The number of benzene rings is 1. The molecule has 0 aliphatic carbocycles. The summed E-state index contributed by atoms with van der Waals surface area (Å²) in [4.78, 5) is 0. The van der Waals surface area contributed by atoms with E-state index < -0.39 is 0 Å². The van der Waals surface area contributed by atoms with Crippen LogP contribution in [0.2, 0.25) is 0 Å². The molecule has 3 aromatic rings. The molecule has 0 spiro atoms. The molecule has 1 N–H and O–H groups in total. The highest BCUT2D eigenvalue weighted by molar-refractivity contribution is 7.19. The zero-order chi connectivity index (χ0) is 13.8. The summed E-state index contributed by atoms with van der Waals surface area (Å²) >= 11 is 3.48. The zero-order valence-corrected chi connectivity index (χ0v) is 13.1. The van der Waals surface area contributed by atoms with Crippen molar-refractivity contribution in [3.05, 3.63) is 34.7 Å². The van der Waals surface area contributed by atoms with Crippen molar-refractivity contribution in [2.45, 2.75) is 19.8 Å². The lowest BCUT2D eigenvalue weighted by atomic mass is 10.2. The Morgan fingerprint density at radius 3 is 2.95 bits per heavy atom. The molecule has 0 bridgehead atoms. The van der Waals surface area contributed by atoms with E-state index in [1.807, 2.05) is 0 Å². The van der Waals surface area contributed by atoms with Gasteiger partial charge in [0.2, 0.25) is 0 Å². The van der Waals surface area contributed by atoms with Crippen LogP contribution in [0.3, 0.4) is 0 Å². The number of hydrogen-bond donors (Lipinski definition) is 1. The molecular weight excluding hydrogens is 286 g/mol. The van der Waals surface area contributed by atoms with Gasteiger partial charge in [0.15, 0.2) is 0 Å². The highest BCUT2D eigenvalue weighted by Crippen LogP contribution is 2.35. The summed E-state index contributed by atoms with van der Waals surface area (Å²) in [5, 5.41) is 17.7. The second kappa shape index (κ2) is 6.43. The summed E-state index contributed by atoms with van der Waals surface area (Å²) in [6.45, 7) is 4.23. The van der Waals surface area contributed by atoms with Gasteiger partial charge in [-0.05, 0) is 19.0 Å². The summed E-state index contributed by atoms with van der Waals surface area (Å²) < 4.78 is 1.31. The number of aromatic nitrogens is 2. The van der Waals surface area contributed by atoms with Crippen LogP contribution < -0.4 is 5.32 Å². The molecule has 3 rings (SSSR count). The van der Waals surface area contributed by atoms with Gasteiger partial charge >= 0.3 is 0 Å². The van der Waals surface area contributed by atoms with E-state index >= 15 is 0 Å². The molecule has 0 saturated carbocycles. The maximum atomic E-state index is 4.36. The topological polar surface area (TPSA) is 37.8 Å². The molecule has 0 fully saturated rings. The van der Waals surface area contributed by atoms with Crippen molar-refractivity contribution in [1.82, 2.24) is 15.5 Å². The number of fused-ring (bicyclic) bond motifs is 1. The first kappa shape index (κ1) is 13.7. The third-order valence-electron chi connectivity index (χ3n) is 3.12. The molecule has 2 heterocycles. The summed E-state index contributed by atoms with van der Waals surface area (Å²) in [6, 6.07) is 8.47. The van der Waals surface area contributed by atoms with Crippen LogP contribution in [0.4, 0.5) is 0 Å². The van der Waals surface area contributed by atoms with E-state index in [0.29, 0.717) is 0 Å². The molecule has 20 heavy (non-hydrogen) atoms. The fourth-order valence-corrected chi connectivity index (χ4v) is 3.99. The number of rotatable bonds is 6. The molecule has 5 heteroatoms. The Morgan fingerprint density at radius 2 is 2.05 bits per heavy atom. The Kier molecular flexibility index (Phi) is 4.40. The highest BCUT2D eigenvalue weighted by Gasteiger charge is 2.11. The fourth-order valence-electron chi connectivity index (χ4n) is 2.10. The highest BCUT2D eigenvalue weighted by atomic mass is 32.1. The first-order chi connectivity index (χ1) is 9.88. The predicted molar refractivity (Wildman–Crippen MR) is 87.6 cm³/mol. The monoisotopic (exact) mass is 303 g/mol. The van der Waals surface area contributed by atoms with Gasteiger partial charge in [-0.2, -0.15) is 0 Å². The van der Waals surface area contributed by atoms with Gasteiger partial charge in [-0.1, -0.05) is 36.5 Å². The van der Waals surface area contributed by atoms with Gasteiger partial charge in [0.1, 0.15) is 10.0 Å². The lowest BCUT2D eigenvalue weighted by Gasteiger charge is -1.98. The molecule has 0 aliphatic heterocycles. The molecule has 0 atom stereocenters. The third-order valence-corrected chi connectivity index (χ3v) is 5.10. The van der Waals surface area contributed by atoms with Gasteiger partial charge in [0.05, 0.1) is 0 Å². The van der Waals surface area contributed by atoms with Gasteiger partial charge in [-0.15, -0.1) is 21.5 Å². The first-order valence-electron chi connectivity index (χ1n) is 6.88. The van der Waals surface area contributed by atoms with Crippen molar-refractivity contribution in [3.63, 3.8) is 0 Å². The standard InChI is InChI=1S/C15H17N3S2/c1-2-8-16-9-7-14-17-18-15(20-14)12-10-19-13-6-4-3-5-11(12)13/h3-6,10,16H,2,7-9H2,1H3. The van der Waals surface area contributed by atoms with Gasteiger partial charge in [0.25, 0.3) is 0 Å². The molecule has 0 aliphatic rings. The van der Waals surface area contributed by atoms with Crippen molar-refractivity contribution in [2.24, 2.45) is 0 Å². The van der Waals surface area contributed by atoms with E-state index in [9.17, 15) is 0 Å². The quantitative estimate of drug-likeness (QED) is 0.700. The largest absolute Gasteiger partial charge is 0.316 e. The number of thiophene rings is 1. The Morgan fingerprint density at radius 1 is 1.15 bits per heavy atom. The maximum Gasteiger partial charge on any atom is 0.149 e. The van der Waals surface area contributed by atoms with Crippen molar-refractivity contribution < 1.29 is 0 Å². The second-order valence-corrected chi connectivity index (χ2v) is 6.62. The van der Waals surface area contributed by atoms with E-state index in [0.717, 1.165) is 29.5 Å². The predicted octanol–water partition coefficient (Wildman–Crippen LogP) is 3.96. The molecule has 3 nitrogen and oxygen atoms in total. The average molecular weight is 303 g/mol. The first-order valence-corrected chi connectivity index (χ1v) is 8.58. The van der Waals surface area contributed by atoms with Crippen LogP contribution in [-0.2, 0) is 6.42 Å². The van der Waals surface area contributed by atoms with Gasteiger partial charge in [-0.3, -0.25) is 0 Å². The van der Waals surface area contributed by atoms with E-state index in [-0.39, 0.29) is 0 Å². The Hall–Kier alpha value is -1.30. The van der Waals surface area contributed by atoms with Crippen LogP contribution in [0.1, 0.15) is 18.4 Å². The number of hydrogen-bond acceptors (Lipinski definition) is 5. The second-order valence-electron chi connectivity index (χ2n) is 4.65. The number of nitrogens with one attached hydrogen (secondary N) is 1. The maximum absolute atomic E-state index is 4.36. The summed E-state index contributed by atoms with van der Waals surface area (Å²) in [5.74, 6) is 0. The van der Waals surface area contributed by atoms with Gasteiger partial charge in [0, 0.05) is 34.0 Å². The van der Waals surface area contributed by atoms with Crippen molar-refractivity contribution in [3.8, 4) is 10.6 Å². The third kappa shape index (κ3) is 2.90. The Bertz CT molecular complexity index is 687. The van der Waals surface area contributed by atoms with Gasteiger partial charge in [-0.25, -0.2) is 0 Å². The zero-order valence-electron chi connectivity index (χ0n) is 11.4. The molecule has 0 saturated heterocycles. The Balaban J connectivity index is 1.76. The summed E-state index contributed by atoms with van der Waals surface area (Å²) in [7, 11) is 0. The lowest BCUT2D eigenvalue weighted by molar-refractivity contribution is 0.668. The Labute approximate surface area is 126 Å². The van der Waals surface area contributed by atoms with Crippen LogP contribution >= 0.6 is 22.7 Å². The minimum atomic E-state index is 0.958. The molecule has 2 aromatic heterocycles. The minimum absolute atomic E-state index is 0.958. The van der Waals surface area contributed by atoms with Crippen molar-refractivity contribution in [2.75, 3.05) is 13.1 Å². The summed E-state index contributed by atoms with van der Waals surface area (Å²) in [5.41, 5.74) is 1.22. The molecular formula is C15H17N3S2. The van der Waals surface area contributed by atoms with E-state index in [4.69, 9.17) is 0 Å². The van der Waals surface area contributed by atoms with E-state index in [1.165, 1.54) is 22.1 Å².